The Balaban J connectivity index is 1.87. The van der Waals surface area contributed by atoms with Crippen LogP contribution < -0.4 is 20.1 Å². The molecule has 0 radical (unpaired) electrons. The topological polar surface area (TPSA) is 54.9 Å². The first-order valence-corrected chi connectivity index (χ1v) is 8.17. The summed E-state index contributed by atoms with van der Waals surface area (Å²) in [6.07, 6.45) is 0.348. The lowest BCUT2D eigenvalue weighted by Gasteiger charge is -2.13. The van der Waals surface area contributed by atoms with Gasteiger partial charge in [0, 0.05) is 20.1 Å². The maximum atomic E-state index is 13.6. The first kappa shape index (κ1) is 19.5. The SMILES string of the molecule is CN=C(NCCc1cccc(F)c1F)NCc1ccc(OC)c(OC)c1. The van der Waals surface area contributed by atoms with Crippen molar-refractivity contribution in [2.75, 3.05) is 27.8 Å². The quantitative estimate of drug-likeness (QED) is 0.587. The van der Waals surface area contributed by atoms with Gasteiger partial charge in [0.15, 0.2) is 29.1 Å². The standard InChI is InChI=1S/C19H23F2N3O2/c1-22-19(23-10-9-14-5-4-6-15(20)18(14)21)24-12-13-7-8-16(25-2)17(11-13)26-3/h4-8,11H,9-10,12H2,1-3H3,(H2,22,23,24). The fourth-order valence-electron chi connectivity index (χ4n) is 2.45. The molecule has 7 heteroatoms. The Labute approximate surface area is 152 Å². The second-order valence-electron chi connectivity index (χ2n) is 5.50. The molecule has 0 aromatic heterocycles. The zero-order valence-electron chi connectivity index (χ0n) is 15.1. The molecule has 0 aliphatic carbocycles. The molecule has 140 valence electrons. The van der Waals surface area contributed by atoms with Crippen LogP contribution in [0.3, 0.4) is 0 Å². The van der Waals surface area contributed by atoms with E-state index in [1.165, 1.54) is 6.07 Å². The Hall–Kier alpha value is -2.83. The van der Waals surface area contributed by atoms with Crippen molar-refractivity contribution in [1.29, 1.82) is 0 Å². The Kier molecular flexibility index (Phi) is 7.20. The molecule has 2 aromatic carbocycles. The van der Waals surface area contributed by atoms with Crippen molar-refractivity contribution in [3.05, 3.63) is 59.2 Å². The van der Waals surface area contributed by atoms with Crippen LogP contribution in [-0.2, 0) is 13.0 Å². The average Bonchev–Trinajstić information content (AvgIpc) is 2.67. The molecule has 2 aromatic rings. The zero-order chi connectivity index (χ0) is 18.9. The van der Waals surface area contributed by atoms with Gasteiger partial charge in [-0.2, -0.15) is 0 Å². The number of ether oxygens (including phenoxy) is 2. The summed E-state index contributed by atoms with van der Waals surface area (Å²) in [4.78, 5) is 4.12. The van der Waals surface area contributed by atoms with Crippen LogP contribution in [0.15, 0.2) is 41.4 Å². The van der Waals surface area contributed by atoms with Gasteiger partial charge in [0.25, 0.3) is 0 Å². The van der Waals surface area contributed by atoms with Gasteiger partial charge in [-0.1, -0.05) is 18.2 Å². The normalized spacial score (nSPS) is 11.2. The largest absolute Gasteiger partial charge is 0.493 e. The summed E-state index contributed by atoms with van der Waals surface area (Å²) in [7, 11) is 4.82. The molecule has 0 bridgehead atoms. The molecule has 0 unspecified atom stereocenters. The van der Waals surface area contributed by atoms with Gasteiger partial charge >= 0.3 is 0 Å². The number of methoxy groups -OCH3 is 2. The molecule has 26 heavy (non-hydrogen) atoms. The van der Waals surface area contributed by atoms with Crippen LogP contribution in [-0.4, -0.2) is 33.8 Å². The first-order valence-electron chi connectivity index (χ1n) is 8.17. The van der Waals surface area contributed by atoms with E-state index in [1.54, 1.807) is 27.3 Å². The van der Waals surface area contributed by atoms with Gasteiger partial charge in [-0.15, -0.1) is 0 Å². The summed E-state index contributed by atoms with van der Waals surface area (Å²) < 4.78 is 37.3. The van der Waals surface area contributed by atoms with Crippen LogP contribution >= 0.6 is 0 Å². The van der Waals surface area contributed by atoms with E-state index < -0.39 is 11.6 Å². The van der Waals surface area contributed by atoms with E-state index in [0.29, 0.717) is 42.5 Å². The number of nitrogens with one attached hydrogen (secondary N) is 2. The van der Waals surface area contributed by atoms with Gasteiger partial charge in [0.1, 0.15) is 0 Å². The van der Waals surface area contributed by atoms with Crippen molar-refractivity contribution in [3.8, 4) is 11.5 Å². The van der Waals surface area contributed by atoms with Gasteiger partial charge in [0.05, 0.1) is 14.2 Å². The van der Waals surface area contributed by atoms with Crippen molar-refractivity contribution in [2.24, 2.45) is 4.99 Å². The van der Waals surface area contributed by atoms with Crippen LogP contribution in [0.25, 0.3) is 0 Å². The Morgan fingerprint density at radius 2 is 1.81 bits per heavy atom. The van der Waals surface area contributed by atoms with Crippen LogP contribution in [0, 0.1) is 11.6 Å². The minimum Gasteiger partial charge on any atom is -0.493 e. The second kappa shape index (κ2) is 9.60. The summed E-state index contributed by atoms with van der Waals surface area (Å²) in [5, 5.41) is 6.24. The number of halogens is 2. The van der Waals surface area contributed by atoms with E-state index in [4.69, 9.17) is 9.47 Å². The summed E-state index contributed by atoms with van der Waals surface area (Å²) in [5.41, 5.74) is 1.31. The average molecular weight is 363 g/mol. The molecule has 2 N–H and O–H groups in total. The van der Waals surface area contributed by atoms with Gasteiger partial charge in [-0.05, 0) is 35.7 Å². The van der Waals surface area contributed by atoms with Crippen LogP contribution in [0.1, 0.15) is 11.1 Å². The monoisotopic (exact) mass is 363 g/mol. The van der Waals surface area contributed by atoms with E-state index in [0.717, 1.165) is 11.6 Å². The predicted molar refractivity (Wildman–Crippen MR) is 97.8 cm³/mol. The number of benzene rings is 2. The third-order valence-corrected chi connectivity index (χ3v) is 3.85. The number of hydrogen-bond donors (Lipinski definition) is 2. The van der Waals surface area contributed by atoms with E-state index in [1.807, 2.05) is 18.2 Å². The third-order valence-electron chi connectivity index (χ3n) is 3.85. The molecule has 0 saturated carbocycles. The molecule has 0 spiro atoms. The maximum absolute atomic E-state index is 13.6. The Bertz CT molecular complexity index is 766. The van der Waals surface area contributed by atoms with Crippen molar-refractivity contribution >= 4 is 5.96 Å². The summed E-state index contributed by atoms with van der Waals surface area (Å²) in [5.74, 6) is 0.241. The predicted octanol–water partition coefficient (Wildman–Crippen LogP) is 2.89. The number of nitrogens with zero attached hydrogens (tertiary/aromatic N) is 1. The Morgan fingerprint density at radius 1 is 1.04 bits per heavy atom. The van der Waals surface area contributed by atoms with Crippen LogP contribution in [0.5, 0.6) is 11.5 Å². The summed E-state index contributed by atoms with van der Waals surface area (Å²) in [6.45, 7) is 0.945. The molecule has 0 saturated heterocycles. The van der Waals surface area contributed by atoms with Crippen LogP contribution in [0.2, 0.25) is 0 Å². The molecule has 2 rings (SSSR count). The number of hydrogen-bond acceptors (Lipinski definition) is 3. The Morgan fingerprint density at radius 3 is 2.50 bits per heavy atom. The highest BCUT2D eigenvalue weighted by Crippen LogP contribution is 2.27. The summed E-state index contributed by atoms with van der Waals surface area (Å²) in [6, 6.07) is 9.80. The highest BCUT2D eigenvalue weighted by molar-refractivity contribution is 5.79. The fourth-order valence-corrected chi connectivity index (χ4v) is 2.45. The molecule has 0 atom stereocenters. The molecular weight excluding hydrogens is 340 g/mol. The molecule has 0 fully saturated rings. The van der Waals surface area contributed by atoms with E-state index in [2.05, 4.69) is 15.6 Å². The van der Waals surface area contributed by atoms with Crippen molar-refractivity contribution in [3.63, 3.8) is 0 Å². The lowest BCUT2D eigenvalue weighted by atomic mass is 10.1. The van der Waals surface area contributed by atoms with Crippen molar-refractivity contribution in [1.82, 2.24) is 10.6 Å². The molecular formula is C19H23F2N3O2. The number of guanidine groups is 1. The molecule has 5 nitrogen and oxygen atoms in total. The highest BCUT2D eigenvalue weighted by Gasteiger charge is 2.08. The molecule has 0 amide bonds. The van der Waals surface area contributed by atoms with Gasteiger partial charge in [-0.3, -0.25) is 4.99 Å². The van der Waals surface area contributed by atoms with Crippen LogP contribution in [0.4, 0.5) is 8.78 Å². The maximum Gasteiger partial charge on any atom is 0.191 e. The van der Waals surface area contributed by atoms with E-state index in [-0.39, 0.29) is 0 Å². The number of rotatable bonds is 7. The van der Waals surface area contributed by atoms with Gasteiger partial charge in [0.2, 0.25) is 0 Å². The van der Waals surface area contributed by atoms with Gasteiger partial charge < -0.3 is 20.1 Å². The van der Waals surface area contributed by atoms with Gasteiger partial charge in [-0.25, -0.2) is 8.78 Å². The van der Waals surface area contributed by atoms with Crippen molar-refractivity contribution < 1.29 is 18.3 Å². The smallest absolute Gasteiger partial charge is 0.191 e. The first-order chi connectivity index (χ1) is 12.6. The third kappa shape index (κ3) is 5.08. The molecule has 0 aliphatic rings. The summed E-state index contributed by atoms with van der Waals surface area (Å²) >= 11 is 0. The highest BCUT2D eigenvalue weighted by atomic mass is 19.2. The lowest BCUT2D eigenvalue weighted by Crippen LogP contribution is -2.37. The lowest BCUT2D eigenvalue weighted by molar-refractivity contribution is 0.354. The molecule has 0 aliphatic heterocycles. The minimum atomic E-state index is -0.835. The fraction of sp³-hybridized carbons (Fsp3) is 0.316. The second-order valence-corrected chi connectivity index (χ2v) is 5.50. The molecule has 0 heterocycles. The van der Waals surface area contributed by atoms with Crippen molar-refractivity contribution in [2.45, 2.75) is 13.0 Å². The minimum absolute atomic E-state index is 0.327. The zero-order valence-corrected chi connectivity index (χ0v) is 15.1. The van der Waals surface area contributed by atoms with E-state index in [9.17, 15) is 8.78 Å². The number of aliphatic imine (C=N–C) groups is 1. The van der Waals surface area contributed by atoms with E-state index >= 15 is 0 Å².